The van der Waals surface area contributed by atoms with E-state index >= 15 is 0 Å². The van der Waals surface area contributed by atoms with Crippen LogP contribution < -0.4 is 10.6 Å². The van der Waals surface area contributed by atoms with E-state index in [-0.39, 0.29) is 17.9 Å². The van der Waals surface area contributed by atoms with Crippen molar-refractivity contribution in [2.75, 3.05) is 12.0 Å². The van der Waals surface area contributed by atoms with Crippen LogP contribution in [0.5, 0.6) is 0 Å². The van der Waals surface area contributed by atoms with Gasteiger partial charge in [0.15, 0.2) is 6.10 Å². The molecule has 2 N–H and O–H groups in total. The Hall–Kier alpha value is -2.02. The Labute approximate surface area is 152 Å². The Kier molecular flexibility index (Phi) is 7.31. The number of rotatable bonds is 9. The highest BCUT2D eigenvalue weighted by Crippen LogP contribution is 2.19. The summed E-state index contributed by atoms with van der Waals surface area (Å²) in [5.41, 5.74) is 0.476. The lowest BCUT2D eigenvalue weighted by Gasteiger charge is -2.20. The number of hydrogen-bond donors (Lipinski definition) is 2. The van der Waals surface area contributed by atoms with Gasteiger partial charge in [-0.05, 0) is 50.3 Å². The molecule has 1 aromatic rings. The van der Waals surface area contributed by atoms with Gasteiger partial charge in [0.1, 0.15) is 6.04 Å². The van der Waals surface area contributed by atoms with Gasteiger partial charge in [0.25, 0.3) is 11.8 Å². The van der Waals surface area contributed by atoms with Crippen LogP contribution >= 0.6 is 11.8 Å². The minimum atomic E-state index is -0.876. The molecule has 0 aromatic heterocycles. The zero-order valence-electron chi connectivity index (χ0n) is 14.5. The molecule has 0 radical (unpaired) electrons. The van der Waals surface area contributed by atoms with Gasteiger partial charge in [-0.25, -0.2) is 4.79 Å². The molecule has 0 saturated heterocycles. The molecular weight excluding hydrogens is 340 g/mol. The van der Waals surface area contributed by atoms with E-state index < -0.39 is 18.1 Å². The second kappa shape index (κ2) is 9.46. The molecule has 0 unspecified atom stereocenters. The van der Waals surface area contributed by atoms with Crippen LogP contribution in [0.3, 0.4) is 0 Å². The average molecular weight is 364 g/mol. The minimum Gasteiger partial charge on any atom is -0.451 e. The fourth-order valence-corrected chi connectivity index (χ4v) is 2.64. The summed E-state index contributed by atoms with van der Waals surface area (Å²) in [5, 5.41) is 5.51. The Bertz CT molecular complexity index is 604. The van der Waals surface area contributed by atoms with Crippen molar-refractivity contribution in [3.05, 3.63) is 35.9 Å². The number of benzene rings is 1. The number of amides is 2. The van der Waals surface area contributed by atoms with Crippen LogP contribution in [0.1, 0.15) is 36.5 Å². The monoisotopic (exact) mass is 364 g/mol. The topological polar surface area (TPSA) is 84.5 Å². The molecule has 1 aliphatic carbocycles. The Balaban J connectivity index is 1.93. The average Bonchev–Trinajstić information content (AvgIpc) is 3.42. The summed E-state index contributed by atoms with van der Waals surface area (Å²) in [4.78, 5) is 36.6. The normalized spacial score (nSPS) is 15.8. The van der Waals surface area contributed by atoms with Crippen LogP contribution in [0.2, 0.25) is 0 Å². The van der Waals surface area contributed by atoms with Gasteiger partial charge in [0, 0.05) is 11.6 Å². The third-order valence-electron chi connectivity index (χ3n) is 3.82. The van der Waals surface area contributed by atoms with Crippen molar-refractivity contribution < 1.29 is 19.1 Å². The maximum atomic E-state index is 12.4. The van der Waals surface area contributed by atoms with Crippen molar-refractivity contribution in [2.24, 2.45) is 0 Å². The van der Waals surface area contributed by atoms with Gasteiger partial charge < -0.3 is 15.4 Å². The summed E-state index contributed by atoms with van der Waals surface area (Å²) in [6.45, 7) is 1.54. The molecular formula is C18H24N2O4S. The maximum absolute atomic E-state index is 12.4. The van der Waals surface area contributed by atoms with Crippen molar-refractivity contribution >= 4 is 29.5 Å². The number of ether oxygens (including phenoxy) is 1. The zero-order valence-corrected chi connectivity index (χ0v) is 15.3. The van der Waals surface area contributed by atoms with E-state index in [0.717, 1.165) is 12.8 Å². The molecule has 0 spiro atoms. The van der Waals surface area contributed by atoms with Gasteiger partial charge in [0.2, 0.25) is 0 Å². The Morgan fingerprint density at radius 3 is 2.52 bits per heavy atom. The van der Waals surface area contributed by atoms with Crippen molar-refractivity contribution in [3.8, 4) is 0 Å². The smallest absolute Gasteiger partial charge is 0.329 e. The number of hydrogen-bond acceptors (Lipinski definition) is 5. The van der Waals surface area contributed by atoms with Crippen molar-refractivity contribution in [3.63, 3.8) is 0 Å². The molecule has 2 atom stereocenters. The molecule has 1 aromatic carbocycles. The highest BCUT2D eigenvalue weighted by atomic mass is 32.2. The number of carbonyl (C=O) groups excluding carboxylic acids is 3. The standard InChI is InChI=1S/C18H24N2O4S/c1-12(16(21)19-14-8-9-14)24-18(23)15(10-11-25-2)20-17(22)13-6-4-3-5-7-13/h3-7,12,14-15H,8-11H2,1-2H3,(H,19,21)(H,20,22)/t12-,15+/m0/s1. The molecule has 2 rings (SSSR count). The molecule has 1 fully saturated rings. The molecule has 1 saturated carbocycles. The van der Waals surface area contributed by atoms with Gasteiger partial charge in [-0.3, -0.25) is 9.59 Å². The lowest BCUT2D eigenvalue weighted by Crippen LogP contribution is -2.45. The molecule has 136 valence electrons. The van der Waals surface area contributed by atoms with E-state index in [2.05, 4.69) is 10.6 Å². The molecule has 0 heterocycles. The zero-order chi connectivity index (χ0) is 18.2. The Morgan fingerprint density at radius 2 is 1.92 bits per heavy atom. The lowest BCUT2D eigenvalue weighted by molar-refractivity contribution is -0.156. The molecule has 0 aliphatic heterocycles. The minimum absolute atomic E-state index is 0.207. The lowest BCUT2D eigenvalue weighted by atomic mass is 10.1. The summed E-state index contributed by atoms with van der Waals surface area (Å²) in [7, 11) is 0. The summed E-state index contributed by atoms with van der Waals surface area (Å²) < 4.78 is 5.26. The predicted molar refractivity (Wildman–Crippen MR) is 97.4 cm³/mol. The highest BCUT2D eigenvalue weighted by Gasteiger charge is 2.29. The van der Waals surface area contributed by atoms with Crippen LogP contribution in [0.25, 0.3) is 0 Å². The number of nitrogens with one attached hydrogen (secondary N) is 2. The number of carbonyl (C=O) groups is 3. The first-order valence-electron chi connectivity index (χ1n) is 8.37. The summed E-state index contributed by atoms with van der Waals surface area (Å²) >= 11 is 1.57. The first-order chi connectivity index (χ1) is 12.0. The molecule has 0 bridgehead atoms. The molecule has 25 heavy (non-hydrogen) atoms. The van der Waals surface area contributed by atoms with Crippen LogP contribution in [0, 0.1) is 0 Å². The largest absolute Gasteiger partial charge is 0.451 e. The van der Waals surface area contributed by atoms with Gasteiger partial charge in [-0.2, -0.15) is 11.8 Å². The fourth-order valence-electron chi connectivity index (χ4n) is 2.17. The SMILES string of the molecule is CSCC[C@@H](NC(=O)c1ccccc1)C(=O)O[C@@H](C)C(=O)NC1CC1. The van der Waals surface area contributed by atoms with E-state index in [0.29, 0.717) is 17.7 Å². The van der Waals surface area contributed by atoms with Gasteiger partial charge in [-0.1, -0.05) is 18.2 Å². The summed E-state index contributed by atoms with van der Waals surface area (Å²) in [5.74, 6) is -0.526. The third-order valence-corrected chi connectivity index (χ3v) is 4.47. The van der Waals surface area contributed by atoms with Gasteiger partial charge in [-0.15, -0.1) is 0 Å². The van der Waals surface area contributed by atoms with Crippen molar-refractivity contribution in [1.82, 2.24) is 10.6 Å². The van der Waals surface area contributed by atoms with Gasteiger partial charge in [0.05, 0.1) is 0 Å². The first kappa shape index (κ1) is 19.3. The Morgan fingerprint density at radius 1 is 1.24 bits per heavy atom. The third kappa shape index (κ3) is 6.42. The van der Waals surface area contributed by atoms with Crippen LogP contribution in [-0.4, -0.2) is 48.0 Å². The van der Waals surface area contributed by atoms with Crippen molar-refractivity contribution in [1.29, 1.82) is 0 Å². The van der Waals surface area contributed by atoms with E-state index in [1.807, 2.05) is 12.3 Å². The highest BCUT2D eigenvalue weighted by molar-refractivity contribution is 7.98. The number of thioether (sulfide) groups is 1. The van der Waals surface area contributed by atoms with Crippen molar-refractivity contribution in [2.45, 2.75) is 44.4 Å². The fraction of sp³-hybridized carbons (Fsp3) is 0.500. The van der Waals surface area contributed by atoms with E-state index in [9.17, 15) is 14.4 Å². The molecule has 1 aliphatic rings. The molecule has 6 nitrogen and oxygen atoms in total. The van der Waals surface area contributed by atoms with E-state index in [4.69, 9.17) is 4.74 Å². The maximum Gasteiger partial charge on any atom is 0.329 e. The van der Waals surface area contributed by atoms with Crippen LogP contribution in [0.15, 0.2) is 30.3 Å². The van der Waals surface area contributed by atoms with Crippen LogP contribution in [-0.2, 0) is 14.3 Å². The second-order valence-electron chi connectivity index (χ2n) is 6.04. The van der Waals surface area contributed by atoms with E-state index in [1.165, 1.54) is 0 Å². The quantitative estimate of drug-likeness (QED) is 0.652. The second-order valence-corrected chi connectivity index (χ2v) is 7.02. The summed E-state index contributed by atoms with van der Waals surface area (Å²) in [6, 6.07) is 8.12. The molecule has 7 heteroatoms. The predicted octanol–water partition coefficient (Wildman–Crippen LogP) is 1.75. The van der Waals surface area contributed by atoms with E-state index in [1.54, 1.807) is 43.0 Å². The molecule has 2 amide bonds. The van der Waals surface area contributed by atoms with Crippen LogP contribution in [0.4, 0.5) is 0 Å². The first-order valence-corrected chi connectivity index (χ1v) is 9.76. The number of esters is 1. The summed E-state index contributed by atoms with van der Waals surface area (Å²) in [6.07, 6.45) is 3.42. The van der Waals surface area contributed by atoms with Gasteiger partial charge >= 0.3 is 5.97 Å².